The number of methoxy groups -OCH3 is 2. The average molecular weight is 513 g/mol. The topological polar surface area (TPSA) is 118 Å². The highest BCUT2D eigenvalue weighted by Gasteiger charge is 2.30. The van der Waals surface area contributed by atoms with E-state index < -0.39 is 0 Å². The Morgan fingerprint density at radius 1 is 1.11 bits per heavy atom. The van der Waals surface area contributed by atoms with Gasteiger partial charge in [0, 0.05) is 12.1 Å². The van der Waals surface area contributed by atoms with Gasteiger partial charge in [0.15, 0.2) is 5.17 Å². The zero-order valence-corrected chi connectivity index (χ0v) is 20.8. The number of anilines is 1. The minimum atomic E-state index is -0.310. The van der Waals surface area contributed by atoms with Gasteiger partial charge in [0.25, 0.3) is 0 Å². The molecule has 1 amide bonds. The number of nitrogens with one attached hydrogen (secondary N) is 2. The number of thioether (sulfide) groups is 1. The number of carbonyl (C=O) groups is 2. The molecule has 0 radical (unpaired) electrons. The molecule has 0 saturated heterocycles. The molecule has 1 aromatic heterocycles. The molecule has 1 aliphatic rings. The third-order valence-corrected chi connectivity index (χ3v) is 6.96. The van der Waals surface area contributed by atoms with Crippen molar-refractivity contribution >= 4 is 45.3 Å². The van der Waals surface area contributed by atoms with Crippen LogP contribution < -0.4 is 15.5 Å². The SMILES string of the molecule is COC(=O)CCN1C(SCC(=O)Nc2nnc(-c3ccc(OC)cc3)s2)=NNC1c1ccccc1. The quantitative estimate of drug-likeness (QED) is 0.416. The van der Waals surface area contributed by atoms with Crippen molar-refractivity contribution in [2.45, 2.75) is 12.6 Å². The van der Waals surface area contributed by atoms with Crippen molar-refractivity contribution in [1.29, 1.82) is 0 Å². The van der Waals surface area contributed by atoms with Crippen LogP contribution in [0.1, 0.15) is 18.2 Å². The number of amidine groups is 1. The van der Waals surface area contributed by atoms with Crippen LogP contribution in [-0.4, -0.2) is 58.7 Å². The van der Waals surface area contributed by atoms with Gasteiger partial charge in [0.05, 0.1) is 26.4 Å². The molecule has 12 heteroatoms. The molecule has 3 aromatic rings. The van der Waals surface area contributed by atoms with Crippen molar-refractivity contribution in [3.63, 3.8) is 0 Å². The highest BCUT2D eigenvalue weighted by atomic mass is 32.2. The minimum Gasteiger partial charge on any atom is -0.497 e. The fourth-order valence-electron chi connectivity index (χ4n) is 3.31. The molecule has 2 heterocycles. The Morgan fingerprint density at radius 3 is 2.60 bits per heavy atom. The van der Waals surface area contributed by atoms with Gasteiger partial charge in [-0.1, -0.05) is 53.4 Å². The summed E-state index contributed by atoms with van der Waals surface area (Å²) in [6.45, 7) is 0.397. The number of benzene rings is 2. The molecular weight excluding hydrogens is 488 g/mol. The molecule has 2 aromatic carbocycles. The summed E-state index contributed by atoms with van der Waals surface area (Å²) in [6.07, 6.45) is -0.0340. The minimum absolute atomic E-state index is 0.119. The predicted molar refractivity (Wildman–Crippen MR) is 136 cm³/mol. The number of esters is 1. The van der Waals surface area contributed by atoms with Crippen molar-refractivity contribution < 1.29 is 19.1 Å². The van der Waals surface area contributed by atoms with Crippen LogP contribution in [0, 0.1) is 0 Å². The summed E-state index contributed by atoms with van der Waals surface area (Å²) in [7, 11) is 2.97. The lowest BCUT2D eigenvalue weighted by atomic mass is 10.1. The first-order valence-electron chi connectivity index (χ1n) is 10.7. The maximum Gasteiger partial charge on any atom is 0.307 e. The fraction of sp³-hybridized carbons (Fsp3) is 0.261. The summed E-state index contributed by atoms with van der Waals surface area (Å²) >= 11 is 2.57. The summed E-state index contributed by atoms with van der Waals surface area (Å²) in [5, 5.41) is 17.1. The highest BCUT2D eigenvalue weighted by Crippen LogP contribution is 2.29. The maximum atomic E-state index is 12.6. The first-order chi connectivity index (χ1) is 17.1. The van der Waals surface area contributed by atoms with E-state index in [1.54, 1.807) is 7.11 Å². The van der Waals surface area contributed by atoms with Crippen LogP contribution in [0.3, 0.4) is 0 Å². The van der Waals surface area contributed by atoms with Crippen molar-refractivity contribution in [1.82, 2.24) is 20.5 Å². The standard InChI is InChI=1S/C23H24N6O4S2/c1-32-17-10-8-16(9-11-17)21-26-27-22(35-21)24-18(30)14-34-23-28-25-20(15-6-4-3-5-7-15)29(23)13-12-19(31)33-2/h3-11,20,25H,12-14H2,1-2H3,(H,24,27,30). The lowest BCUT2D eigenvalue weighted by Gasteiger charge is -2.26. The zero-order chi connectivity index (χ0) is 24.6. The Morgan fingerprint density at radius 2 is 1.89 bits per heavy atom. The molecule has 0 aliphatic carbocycles. The van der Waals surface area contributed by atoms with Crippen LogP contribution in [-0.2, 0) is 14.3 Å². The molecule has 0 saturated carbocycles. The highest BCUT2D eigenvalue weighted by molar-refractivity contribution is 8.14. The molecule has 1 unspecified atom stereocenters. The van der Waals surface area contributed by atoms with E-state index in [-0.39, 0.29) is 30.2 Å². The smallest absolute Gasteiger partial charge is 0.307 e. The molecule has 4 rings (SSSR count). The van der Waals surface area contributed by atoms with Gasteiger partial charge in [-0.05, 0) is 29.8 Å². The van der Waals surface area contributed by atoms with Gasteiger partial charge in [-0.3, -0.25) is 20.3 Å². The Balaban J connectivity index is 1.35. The third kappa shape index (κ3) is 6.28. The molecule has 2 N–H and O–H groups in total. The fourth-order valence-corrected chi connectivity index (χ4v) is 4.89. The Labute approximate surface area is 210 Å². The number of hydrogen-bond donors (Lipinski definition) is 2. The van der Waals surface area contributed by atoms with E-state index in [0.29, 0.717) is 21.9 Å². The van der Waals surface area contributed by atoms with Gasteiger partial charge in [-0.15, -0.1) is 10.2 Å². The molecule has 182 valence electrons. The van der Waals surface area contributed by atoms with Crippen LogP contribution in [0.5, 0.6) is 5.75 Å². The second-order valence-electron chi connectivity index (χ2n) is 7.33. The number of rotatable bonds is 9. The van der Waals surface area contributed by atoms with E-state index in [4.69, 9.17) is 9.47 Å². The van der Waals surface area contributed by atoms with Crippen LogP contribution in [0.2, 0.25) is 0 Å². The Bertz CT molecular complexity index is 1190. The number of amides is 1. The number of nitrogens with zero attached hydrogens (tertiary/aromatic N) is 4. The molecule has 1 atom stereocenters. The number of ether oxygens (including phenoxy) is 2. The summed E-state index contributed by atoms with van der Waals surface area (Å²) in [6, 6.07) is 17.2. The number of hydrogen-bond acceptors (Lipinski definition) is 11. The monoisotopic (exact) mass is 512 g/mol. The van der Waals surface area contributed by atoms with E-state index in [9.17, 15) is 9.59 Å². The van der Waals surface area contributed by atoms with E-state index in [1.165, 1.54) is 30.2 Å². The zero-order valence-electron chi connectivity index (χ0n) is 19.1. The normalized spacial score (nSPS) is 14.7. The molecule has 0 bridgehead atoms. The van der Waals surface area contributed by atoms with Crippen LogP contribution >= 0.6 is 23.1 Å². The second kappa shape index (κ2) is 11.7. The van der Waals surface area contributed by atoms with Crippen molar-refractivity contribution in [3.05, 3.63) is 60.2 Å². The van der Waals surface area contributed by atoms with Gasteiger partial charge < -0.3 is 14.4 Å². The number of aromatic nitrogens is 2. The van der Waals surface area contributed by atoms with Crippen LogP contribution in [0.4, 0.5) is 5.13 Å². The van der Waals surface area contributed by atoms with E-state index in [2.05, 4.69) is 26.0 Å². The summed E-state index contributed by atoms with van der Waals surface area (Å²) < 4.78 is 9.95. The van der Waals surface area contributed by atoms with Gasteiger partial charge in [-0.2, -0.15) is 5.10 Å². The summed E-state index contributed by atoms with van der Waals surface area (Å²) in [5.74, 6) is 0.331. The first kappa shape index (κ1) is 24.5. The van der Waals surface area contributed by atoms with E-state index >= 15 is 0 Å². The maximum absolute atomic E-state index is 12.6. The molecular formula is C23H24N6O4S2. The lowest BCUT2D eigenvalue weighted by Crippen LogP contribution is -2.34. The third-order valence-electron chi connectivity index (χ3n) is 5.08. The van der Waals surface area contributed by atoms with E-state index in [1.807, 2.05) is 59.5 Å². The second-order valence-corrected chi connectivity index (χ2v) is 9.25. The molecule has 1 aliphatic heterocycles. The predicted octanol–water partition coefficient (Wildman–Crippen LogP) is 3.32. The van der Waals surface area contributed by atoms with Gasteiger partial charge >= 0.3 is 5.97 Å². The van der Waals surface area contributed by atoms with Crippen molar-refractivity contribution in [3.8, 4) is 16.3 Å². The van der Waals surface area contributed by atoms with Crippen molar-refractivity contribution in [2.24, 2.45) is 5.10 Å². The van der Waals surface area contributed by atoms with E-state index in [0.717, 1.165) is 16.9 Å². The Hall–Kier alpha value is -3.64. The van der Waals surface area contributed by atoms with Crippen LogP contribution in [0.15, 0.2) is 59.7 Å². The van der Waals surface area contributed by atoms with Crippen LogP contribution in [0.25, 0.3) is 10.6 Å². The number of carbonyl (C=O) groups excluding carboxylic acids is 2. The lowest BCUT2D eigenvalue weighted by molar-refractivity contribution is -0.140. The summed E-state index contributed by atoms with van der Waals surface area (Å²) in [5.41, 5.74) is 4.99. The molecule has 35 heavy (non-hydrogen) atoms. The Kier molecular flexibility index (Phi) is 8.16. The number of hydrazone groups is 1. The average Bonchev–Trinajstić information content (AvgIpc) is 3.53. The van der Waals surface area contributed by atoms with Gasteiger partial charge in [0.2, 0.25) is 11.0 Å². The summed E-state index contributed by atoms with van der Waals surface area (Å²) in [4.78, 5) is 26.3. The van der Waals surface area contributed by atoms with Gasteiger partial charge in [0.1, 0.15) is 16.9 Å². The molecule has 10 nitrogen and oxygen atoms in total. The molecule has 0 fully saturated rings. The van der Waals surface area contributed by atoms with Gasteiger partial charge in [-0.25, -0.2) is 0 Å². The first-order valence-corrected chi connectivity index (χ1v) is 12.5. The van der Waals surface area contributed by atoms with Crippen molar-refractivity contribution in [2.75, 3.05) is 31.8 Å². The molecule has 0 spiro atoms. The largest absolute Gasteiger partial charge is 0.497 e.